The van der Waals surface area contributed by atoms with Gasteiger partial charge in [-0.1, -0.05) is 6.07 Å². The molecule has 1 unspecified atom stereocenters. The van der Waals surface area contributed by atoms with Gasteiger partial charge in [0.2, 0.25) is 0 Å². The van der Waals surface area contributed by atoms with Crippen LogP contribution in [0.3, 0.4) is 0 Å². The predicted molar refractivity (Wildman–Crippen MR) is 104 cm³/mol. The fourth-order valence-corrected chi connectivity index (χ4v) is 2.76. The van der Waals surface area contributed by atoms with Crippen molar-refractivity contribution in [1.82, 2.24) is 15.5 Å². The molecule has 0 saturated carbocycles. The molecule has 0 aliphatic rings. The third kappa shape index (κ3) is 5.88. The van der Waals surface area contributed by atoms with E-state index >= 15 is 0 Å². The Morgan fingerprint density at radius 2 is 2.08 bits per heavy atom. The lowest BCUT2D eigenvalue weighted by atomic mass is 10.1. The molecule has 6 heteroatoms. The highest BCUT2D eigenvalue weighted by Crippen LogP contribution is 2.18. The number of nitrogens with one attached hydrogen (secondary N) is 2. The van der Waals surface area contributed by atoms with E-state index in [1.165, 1.54) is 6.07 Å². The van der Waals surface area contributed by atoms with E-state index in [1.807, 2.05) is 46.1 Å². The van der Waals surface area contributed by atoms with Gasteiger partial charge >= 0.3 is 0 Å². The zero-order valence-corrected chi connectivity index (χ0v) is 16.1. The Labute approximate surface area is 155 Å². The topological polar surface area (TPSA) is 52.8 Å². The smallest absolute Gasteiger partial charge is 0.191 e. The summed E-state index contributed by atoms with van der Waals surface area (Å²) < 4.78 is 18.7. The van der Waals surface area contributed by atoms with Crippen molar-refractivity contribution in [3.63, 3.8) is 0 Å². The third-order valence-electron chi connectivity index (χ3n) is 4.25. The Hall–Kier alpha value is -2.34. The van der Waals surface area contributed by atoms with E-state index < -0.39 is 0 Å². The van der Waals surface area contributed by atoms with Crippen molar-refractivity contribution < 1.29 is 8.81 Å². The van der Waals surface area contributed by atoms with E-state index in [0.29, 0.717) is 6.54 Å². The highest BCUT2D eigenvalue weighted by molar-refractivity contribution is 5.79. The summed E-state index contributed by atoms with van der Waals surface area (Å²) in [6.07, 6.45) is 2.50. The second-order valence-corrected chi connectivity index (χ2v) is 6.46. The zero-order chi connectivity index (χ0) is 18.9. The Morgan fingerprint density at radius 3 is 2.69 bits per heavy atom. The number of guanidine groups is 1. The molecule has 2 aromatic rings. The van der Waals surface area contributed by atoms with Gasteiger partial charge in [0, 0.05) is 13.1 Å². The van der Waals surface area contributed by atoms with Gasteiger partial charge in [-0.25, -0.2) is 4.39 Å². The van der Waals surface area contributed by atoms with Crippen molar-refractivity contribution in [2.24, 2.45) is 4.99 Å². The summed E-state index contributed by atoms with van der Waals surface area (Å²) in [5.41, 5.74) is 2.11. The lowest BCUT2D eigenvalue weighted by Gasteiger charge is -2.21. The minimum atomic E-state index is -0.193. The summed E-state index contributed by atoms with van der Waals surface area (Å²) in [5, 5.41) is 6.61. The Bertz CT molecular complexity index is 698. The first-order valence-electron chi connectivity index (χ1n) is 8.98. The largest absolute Gasteiger partial charge is 0.468 e. The first kappa shape index (κ1) is 20.0. The van der Waals surface area contributed by atoms with Crippen LogP contribution < -0.4 is 10.6 Å². The van der Waals surface area contributed by atoms with Crippen LogP contribution >= 0.6 is 0 Å². The SMILES string of the molecule is CCNC(=NCC(c1ccco1)N(C)C)NCCc1ccc(F)cc1C. The molecule has 1 aromatic carbocycles. The average molecular weight is 360 g/mol. The molecule has 0 spiro atoms. The van der Waals surface area contributed by atoms with E-state index in [-0.39, 0.29) is 11.9 Å². The van der Waals surface area contributed by atoms with Gasteiger partial charge in [0.15, 0.2) is 5.96 Å². The van der Waals surface area contributed by atoms with Crippen LogP contribution in [0.15, 0.2) is 46.0 Å². The van der Waals surface area contributed by atoms with E-state index in [0.717, 1.165) is 42.4 Å². The van der Waals surface area contributed by atoms with Crippen molar-refractivity contribution in [3.05, 3.63) is 59.3 Å². The Morgan fingerprint density at radius 1 is 1.27 bits per heavy atom. The minimum absolute atomic E-state index is 0.0831. The number of furan rings is 1. The summed E-state index contributed by atoms with van der Waals surface area (Å²) in [6, 6.07) is 8.86. The van der Waals surface area contributed by atoms with Gasteiger partial charge < -0.3 is 15.1 Å². The van der Waals surface area contributed by atoms with Crippen LogP contribution in [-0.4, -0.2) is 44.6 Å². The number of hydrogen-bond donors (Lipinski definition) is 2. The molecule has 0 amide bonds. The standard InChI is InChI=1S/C20H29FN4O/c1-5-22-20(23-11-10-16-8-9-17(21)13-15(16)2)24-14-18(25(3)4)19-7-6-12-26-19/h6-9,12-13,18H,5,10-11,14H2,1-4H3,(H2,22,23,24). The molecule has 5 nitrogen and oxygen atoms in total. The highest BCUT2D eigenvalue weighted by Gasteiger charge is 2.16. The van der Waals surface area contributed by atoms with Crippen molar-refractivity contribution in [3.8, 4) is 0 Å². The van der Waals surface area contributed by atoms with Crippen LogP contribution in [0.25, 0.3) is 0 Å². The number of aryl methyl sites for hydroxylation is 1. The van der Waals surface area contributed by atoms with Gasteiger partial charge in [0.25, 0.3) is 0 Å². The number of aliphatic imine (C=N–C) groups is 1. The molecule has 1 aromatic heterocycles. The van der Waals surface area contributed by atoms with Gasteiger partial charge in [-0.15, -0.1) is 0 Å². The number of likely N-dealkylation sites (N-methyl/N-ethyl adjacent to an activating group) is 1. The average Bonchev–Trinajstić information content (AvgIpc) is 3.11. The first-order chi connectivity index (χ1) is 12.5. The number of halogens is 1. The van der Waals surface area contributed by atoms with Gasteiger partial charge in [-0.2, -0.15) is 0 Å². The number of benzene rings is 1. The first-order valence-corrected chi connectivity index (χ1v) is 8.98. The van der Waals surface area contributed by atoms with Crippen LogP contribution in [0.4, 0.5) is 4.39 Å². The molecule has 2 N–H and O–H groups in total. The quantitative estimate of drug-likeness (QED) is 0.561. The summed E-state index contributed by atoms with van der Waals surface area (Å²) >= 11 is 0. The Kier molecular flexibility index (Phi) is 7.66. The fraction of sp³-hybridized carbons (Fsp3) is 0.450. The van der Waals surface area contributed by atoms with Crippen molar-refractivity contribution in [1.29, 1.82) is 0 Å². The maximum Gasteiger partial charge on any atom is 0.191 e. The molecular weight excluding hydrogens is 331 g/mol. The summed E-state index contributed by atoms with van der Waals surface area (Å²) in [5.74, 6) is 1.48. The van der Waals surface area contributed by atoms with Gasteiger partial charge in [0.1, 0.15) is 11.6 Å². The number of rotatable bonds is 8. The summed E-state index contributed by atoms with van der Waals surface area (Å²) in [4.78, 5) is 6.78. The summed E-state index contributed by atoms with van der Waals surface area (Å²) in [7, 11) is 4.03. The van der Waals surface area contributed by atoms with Gasteiger partial charge in [-0.05, 0) is 69.8 Å². The zero-order valence-electron chi connectivity index (χ0n) is 16.1. The monoisotopic (exact) mass is 360 g/mol. The van der Waals surface area contributed by atoms with E-state index in [4.69, 9.17) is 9.41 Å². The lowest BCUT2D eigenvalue weighted by molar-refractivity contribution is 0.265. The molecule has 2 rings (SSSR count). The van der Waals surface area contributed by atoms with Crippen molar-refractivity contribution in [2.45, 2.75) is 26.3 Å². The molecule has 0 saturated heterocycles. The molecule has 26 heavy (non-hydrogen) atoms. The van der Waals surface area contributed by atoms with Gasteiger partial charge in [-0.3, -0.25) is 9.89 Å². The minimum Gasteiger partial charge on any atom is -0.468 e. The second-order valence-electron chi connectivity index (χ2n) is 6.46. The van der Waals surface area contributed by atoms with Crippen LogP contribution in [0.5, 0.6) is 0 Å². The third-order valence-corrected chi connectivity index (χ3v) is 4.25. The molecule has 0 aliphatic carbocycles. The maximum absolute atomic E-state index is 13.2. The molecule has 0 fully saturated rings. The molecule has 0 radical (unpaired) electrons. The van der Waals surface area contributed by atoms with E-state index in [1.54, 1.807) is 12.3 Å². The van der Waals surface area contributed by atoms with E-state index in [9.17, 15) is 4.39 Å². The Balaban J connectivity index is 1.95. The normalized spacial score (nSPS) is 13.1. The predicted octanol–water partition coefficient (Wildman–Crippen LogP) is 3.13. The number of hydrogen-bond acceptors (Lipinski definition) is 3. The molecule has 0 aliphatic heterocycles. The van der Waals surface area contributed by atoms with Crippen LogP contribution in [0, 0.1) is 12.7 Å². The number of nitrogens with zero attached hydrogens (tertiary/aromatic N) is 2. The highest BCUT2D eigenvalue weighted by atomic mass is 19.1. The van der Waals surface area contributed by atoms with Crippen LogP contribution in [0.1, 0.15) is 29.9 Å². The van der Waals surface area contributed by atoms with Crippen LogP contribution in [0.2, 0.25) is 0 Å². The van der Waals surface area contributed by atoms with E-state index in [2.05, 4.69) is 15.5 Å². The van der Waals surface area contributed by atoms with Crippen molar-refractivity contribution >= 4 is 5.96 Å². The molecular formula is C20H29FN4O. The van der Waals surface area contributed by atoms with Crippen LogP contribution in [-0.2, 0) is 6.42 Å². The molecule has 1 heterocycles. The summed E-state index contributed by atoms with van der Waals surface area (Å²) in [6.45, 7) is 6.08. The molecule has 0 bridgehead atoms. The van der Waals surface area contributed by atoms with Crippen molar-refractivity contribution in [2.75, 3.05) is 33.7 Å². The maximum atomic E-state index is 13.2. The molecule has 142 valence electrons. The molecule has 1 atom stereocenters. The second kappa shape index (κ2) is 9.97. The fourth-order valence-electron chi connectivity index (χ4n) is 2.76. The van der Waals surface area contributed by atoms with Gasteiger partial charge in [0.05, 0.1) is 18.8 Å². The lowest BCUT2D eigenvalue weighted by Crippen LogP contribution is -2.39.